The van der Waals surface area contributed by atoms with Crippen LogP contribution in [-0.4, -0.2) is 45.8 Å². The van der Waals surface area contributed by atoms with E-state index in [1.54, 1.807) is 17.2 Å². The standard InChI is InChI=1S/C15H22ClN3O3/c1-15(2,3)22-14(20)19-8-4-5-12(9-19)21-10-11-6-7-17-13(16)18-11/h6-7,12H,4-5,8-10H2,1-3H3/t12-/m0/s1. The molecule has 22 heavy (non-hydrogen) atoms. The van der Waals surface area contributed by atoms with Gasteiger partial charge in [-0.05, 0) is 51.3 Å². The van der Waals surface area contributed by atoms with Crippen LogP contribution in [0.25, 0.3) is 0 Å². The first-order chi connectivity index (χ1) is 10.3. The fourth-order valence-electron chi connectivity index (χ4n) is 2.22. The van der Waals surface area contributed by atoms with Gasteiger partial charge < -0.3 is 14.4 Å². The van der Waals surface area contributed by atoms with E-state index in [-0.39, 0.29) is 17.5 Å². The fourth-order valence-corrected chi connectivity index (χ4v) is 2.38. The fraction of sp³-hybridized carbons (Fsp3) is 0.667. The summed E-state index contributed by atoms with van der Waals surface area (Å²) in [5.41, 5.74) is 0.247. The van der Waals surface area contributed by atoms with Crippen molar-refractivity contribution in [1.82, 2.24) is 14.9 Å². The SMILES string of the molecule is CC(C)(C)OC(=O)N1CCC[C@H](OCc2ccnc(Cl)n2)C1. The summed E-state index contributed by atoms with van der Waals surface area (Å²) in [4.78, 5) is 21.7. The van der Waals surface area contributed by atoms with Gasteiger partial charge in [-0.2, -0.15) is 0 Å². The molecule has 6 nitrogen and oxygen atoms in total. The number of carbonyl (C=O) groups excluding carboxylic acids is 1. The molecule has 0 aromatic carbocycles. The first kappa shape index (κ1) is 17.0. The summed E-state index contributed by atoms with van der Waals surface area (Å²) in [6.07, 6.45) is 3.11. The third kappa shape index (κ3) is 5.42. The second-order valence-corrected chi connectivity index (χ2v) is 6.66. The molecule has 2 heterocycles. The first-order valence-corrected chi connectivity index (χ1v) is 7.78. The van der Waals surface area contributed by atoms with Crippen LogP contribution in [0.1, 0.15) is 39.3 Å². The maximum absolute atomic E-state index is 12.1. The van der Waals surface area contributed by atoms with Gasteiger partial charge >= 0.3 is 6.09 Å². The van der Waals surface area contributed by atoms with Crippen molar-refractivity contribution in [2.24, 2.45) is 0 Å². The molecule has 0 bridgehead atoms. The van der Waals surface area contributed by atoms with Crippen LogP contribution in [0.4, 0.5) is 4.79 Å². The maximum atomic E-state index is 12.1. The number of ether oxygens (including phenoxy) is 2. The van der Waals surface area contributed by atoms with E-state index in [4.69, 9.17) is 21.1 Å². The number of nitrogens with zero attached hydrogens (tertiary/aromatic N) is 3. The summed E-state index contributed by atoms with van der Waals surface area (Å²) in [7, 11) is 0. The quantitative estimate of drug-likeness (QED) is 0.798. The van der Waals surface area contributed by atoms with Gasteiger partial charge in [-0.25, -0.2) is 14.8 Å². The Labute approximate surface area is 135 Å². The van der Waals surface area contributed by atoms with Crippen LogP contribution >= 0.6 is 11.6 Å². The smallest absolute Gasteiger partial charge is 0.410 e. The lowest BCUT2D eigenvalue weighted by atomic mass is 10.1. The summed E-state index contributed by atoms with van der Waals surface area (Å²) in [5.74, 6) is 0. The van der Waals surface area contributed by atoms with Gasteiger partial charge in [0.05, 0.1) is 24.9 Å². The Morgan fingerprint density at radius 3 is 2.95 bits per heavy atom. The normalized spacial score (nSPS) is 19.1. The molecule has 0 N–H and O–H groups in total. The molecule has 1 aromatic rings. The van der Waals surface area contributed by atoms with E-state index < -0.39 is 5.60 Å². The van der Waals surface area contributed by atoms with Crippen molar-refractivity contribution in [3.8, 4) is 0 Å². The highest BCUT2D eigenvalue weighted by atomic mass is 35.5. The van der Waals surface area contributed by atoms with Crippen LogP contribution in [-0.2, 0) is 16.1 Å². The predicted octanol–water partition coefficient (Wildman–Crippen LogP) is 3.05. The molecule has 122 valence electrons. The van der Waals surface area contributed by atoms with Crippen LogP contribution in [0.3, 0.4) is 0 Å². The van der Waals surface area contributed by atoms with E-state index >= 15 is 0 Å². The van der Waals surface area contributed by atoms with E-state index in [1.165, 1.54) is 0 Å². The molecule has 0 saturated carbocycles. The van der Waals surface area contributed by atoms with E-state index in [9.17, 15) is 4.79 Å². The summed E-state index contributed by atoms with van der Waals surface area (Å²) in [6.45, 7) is 7.18. The molecule has 0 radical (unpaired) electrons. The molecule has 1 amide bonds. The summed E-state index contributed by atoms with van der Waals surface area (Å²) in [6, 6.07) is 1.76. The molecule has 1 atom stereocenters. The van der Waals surface area contributed by atoms with Crippen LogP contribution < -0.4 is 0 Å². The average molecular weight is 328 g/mol. The highest BCUT2D eigenvalue weighted by Gasteiger charge is 2.28. The van der Waals surface area contributed by atoms with E-state index in [1.807, 2.05) is 20.8 Å². The van der Waals surface area contributed by atoms with Crippen molar-refractivity contribution >= 4 is 17.7 Å². The lowest BCUT2D eigenvalue weighted by Crippen LogP contribution is -2.45. The minimum Gasteiger partial charge on any atom is -0.444 e. The molecule has 1 aliphatic rings. The van der Waals surface area contributed by atoms with Crippen molar-refractivity contribution in [2.45, 2.75) is 51.9 Å². The zero-order chi connectivity index (χ0) is 16.2. The molecule has 1 aromatic heterocycles. The summed E-state index contributed by atoms with van der Waals surface area (Å²) >= 11 is 5.75. The van der Waals surface area contributed by atoms with E-state index in [2.05, 4.69) is 9.97 Å². The molecular weight excluding hydrogens is 306 g/mol. The molecular formula is C15H22ClN3O3. The zero-order valence-corrected chi connectivity index (χ0v) is 14.0. The van der Waals surface area contributed by atoms with Crippen molar-refractivity contribution in [3.05, 3.63) is 23.2 Å². The van der Waals surface area contributed by atoms with Gasteiger partial charge in [0.1, 0.15) is 5.60 Å². The summed E-state index contributed by atoms with van der Waals surface area (Å²) < 4.78 is 11.2. The third-order valence-corrected chi connectivity index (χ3v) is 3.36. The Morgan fingerprint density at radius 2 is 2.27 bits per heavy atom. The van der Waals surface area contributed by atoms with Gasteiger partial charge in [0.25, 0.3) is 0 Å². The molecule has 0 spiro atoms. The van der Waals surface area contributed by atoms with Gasteiger partial charge in [0.2, 0.25) is 5.28 Å². The number of halogens is 1. The number of rotatable bonds is 3. The molecule has 1 fully saturated rings. The van der Waals surface area contributed by atoms with Crippen molar-refractivity contribution in [2.75, 3.05) is 13.1 Å². The van der Waals surface area contributed by atoms with Crippen LogP contribution in [0.15, 0.2) is 12.3 Å². The number of hydrogen-bond acceptors (Lipinski definition) is 5. The Kier molecular flexibility index (Phi) is 5.58. The van der Waals surface area contributed by atoms with E-state index in [0.717, 1.165) is 18.5 Å². The Bertz CT molecular complexity index is 519. The number of aromatic nitrogens is 2. The van der Waals surface area contributed by atoms with Gasteiger partial charge in [-0.15, -0.1) is 0 Å². The number of hydrogen-bond donors (Lipinski definition) is 0. The maximum Gasteiger partial charge on any atom is 0.410 e. The zero-order valence-electron chi connectivity index (χ0n) is 13.2. The minimum atomic E-state index is -0.484. The van der Waals surface area contributed by atoms with Crippen LogP contribution in [0, 0.1) is 0 Å². The molecule has 0 unspecified atom stereocenters. The van der Waals surface area contributed by atoms with Gasteiger partial charge in [-0.3, -0.25) is 0 Å². The van der Waals surface area contributed by atoms with Crippen LogP contribution in [0.5, 0.6) is 0 Å². The lowest BCUT2D eigenvalue weighted by Gasteiger charge is -2.34. The largest absolute Gasteiger partial charge is 0.444 e. The molecule has 7 heteroatoms. The monoisotopic (exact) mass is 327 g/mol. The number of carbonyl (C=O) groups is 1. The van der Waals surface area contributed by atoms with E-state index in [0.29, 0.717) is 19.7 Å². The average Bonchev–Trinajstić information content (AvgIpc) is 2.44. The Morgan fingerprint density at radius 1 is 1.50 bits per heavy atom. The second-order valence-electron chi connectivity index (χ2n) is 6.32. The van der Waals surface area contributed by atoms with Crippen molar-refractivity contribution < 1.29 is 14.3 Å². The van der Waals surface area contributed by atoms with Crippen molar-refractivity contribution in [3.63, 3.8) is 0 Å². The number of piperidine rings is 1. The molecule has 1 saturated heterocycles. The second kappa shape index (κ2) is 7.24. The highest BCUT2D eigenvalue weighted by Crippen LogP contribution is 2.18. The Hall–Kier alpha value is -1.40. The minimum absolute atomic E-state index is 0.0185. The Balaban J connectivity index is 1.84. The number of likely N-dealkylation sites (tertiary alicyclic amines) is 1. The van der Waals surface area contributed by atoms with Gasteiger partial charge in [-0.1, -0.05) is 0 Å². The number of amides is 1. The molecule has 2 rings (SSSR count). The summed E-state index contributed by atoms with van der Waals surface area (Å²) in [5, 5.41) is 0.208. The molecule has 1 aliphatic heterocycles. The van der Waals surface area contributed by atoms with Gasteiger partial charge in [0.15, 0.2) is 0 Å². The first-order valence-electron chi connectivity index (χ1n) is 7.40. The third-order valence-electron chi connectivity index (χ3n) is 3.18. The van der Waals surface area contributed by atoms with Crippen molar-refractivity contribution in [1.29, 1.82) is 0 Å². The highest BCUT2D eigenvalue weighted by molar-refractivity contribution is 6.28. The van der Waals surface area contributed by atoms with Crippen LogP contribution in [0.2, 0.25) is 5.28 Å². The molecule has 0 aliphatic carbocycles. The predicted molar refractivity (Wildman–Crippen MR) is 82.7 cm³/mol. The topological polar surface area (TPSA) is 64.5 Å². The van der Waals surface area contributed by atoms with Gasteiger partial charge in [0, 0.05) is 12.7 Å². The lowest BCUT2D eigenvalue weighted by molar-refractivity contribution is -0.0266.